The van der Waals surface area contributed by atoms with E-state index in [-0.39, 0.29) is 5.91 Å². The fraction of sp³-hybridized carbons (Fsp3) is 0.0476. The molecule has 3 aromatic carbocycles. The number of hydrogen-bond acceptors (Lipinski definition) is 3. The van der Waals surface area contributed by atoms with E-state index in [1.807, 2.05) is 48.5 Å². The van der Waals surface area contributed by atoms with E-state index in [0.717, 1.165) is 20.1 Å². The van der Waals surface area contributed by atoms with Gasteiger partial charge in [0.25, 0.3) is 5.91 Å². The predicted molar refractivity (Wildman–Crippen MR) is 122 cm³/mol. The van der Waals surface area contributed by atoms with Crippen LogP contribution >= 0.6 is 47.8 Å². The molecule has 0 fully saturated rings. The van der Waals surface area contributed by atoms with Gasteiger partial charge in [-0.2, -0.15) is 5.10 Å². The van der Waals surface area contributed by atoms with Gasteiger partial charge in [-0.3, -0.25) is 4.79 Å². The molecule has 0 aliphatic carbocycles. The van der Waals surface area contributed by atoms with Crippen LogP contribution in [-0.4, -0.2) is 12.1 Å². The standard InChI is InChI=1S/C21H15Br3N2O2/c22-16-10-15(12-25-26-21(27)17-8-4-5-9-18(17)23)20(19(24)11-16)28-13-14-6-2-1-3-7-14/h1-12H,13H2,(H,26,27)/b25-12+. The summed E-state index contributed by atoms with van der Waals surface area (Å²) in [5.74, 6) is 0.343. The third-order valence-electron chi connectivity index (χ3n) is 3.75. The van der Waals surface area contributed by atoms with E-state index < -0.39 is 0 Å². The highest BCUT2D eigenvalue weighted by atomic mass is 79.9. The van der Waals surface area contributed by atoms with Gasteiger partial charge in [-0.25, -0.2) is 5.43 Å². The van der Waals surface area contributed by atoms with Crippen LogP contribution in [0.2, 0.25) is 0 Å². The van der Waals surface area contributed by atoms with Crippen LogP contribution < -0.4 is 10.2 Å². The lowest BCUT2D eigenvalue weighted by Gasteiger charge is -2.12. The smallest absolute Gasteiger partial charge is 0.272 e. The molecule has 3 aromatic rings. The average Bonchev–Trinajstić information content (AvgIpc) is 2.68. The van der Waals surface area contributed by atoms with E-state index in [4.69, 9.17) is 4.74 Å². The highest BCUT2D eigenvalue weighted by Crippen LogP contribution is 2.32. The lowest BCUT2D eigenvalue weighted by atomic mass is 10.2. The Balaban J connectivity index is 1.76. The first-order valence-electron chi connectivity index (χ1n) is 8.28. The van der Waals surface area contributed by atoms with Gasteiger partial charge in [0, 0.05) is 14.5 Å². The molecule has 0 unspecified atom stereocenters. The molecule has 142 valence electrons. The second kappa shape index (κ2) is 10.0. The van der Waals surface area contributed by atoms with Crippen molar-refractivity contribution >= 4 is 59.9 Å². The van der Waals surface area contributed by atoms with E-state index in [1.165, 1.54) is 0 Å². The molecule has 0 aromatic heterocycles. The van der Waals surface area contributed by atoms with Gasteiger partial charge in [0.15, 0.2) is 0 Å². The Morgan fingerprint density at radius 2 is 1.68 bits per heavy atom. The van der Waals surface area contributed by atoms with E-state index in [2.05, 4.69) is 58.3 Å². The molecule has 1 amide bonds. The molecule has 0 saturated carbocycles. The van der Waals surface area contributed by atoms with Gasteiger partial charge in [0.2, 0.25) is 0 Å². The third-order valence-corrected chi connectivity index (χ3v) is 5.49. The monoisotopic (exact) mass is 564 g/mol. The number of ether oxygens (including phenoxy) is 1. The van der Waals surface area contributed by atoms with Crippen LogP contribution in [0.3, 0.4) is 0 Å². The molecular formula is C21H15Br3N2O2. The topological polar surface area (TPSA) is 50.7 Å². The molecule has 28 heavy (non-hydrogen) atoms. The van der Waals surface area contributed by atoms with Crippen LogP contribution in [0, 0.1) is 0 Å². The number of rotatable bonds is 6. The van der Waals surface area contributed by atoms with Crippen molar-refractivity contribution in [3.8, 4) is 5.75 Å². The number of carbonyl (C=O) groups excluding carboxylic acids is 1. The summed E-state index contributed by atoms with van der Waals surface area (Å²) in [5, 5.41) is 4.09. The van der Waals surface area contributed by atoms with Crippen LogP contribution in [0.5, 0.6) is 5.75 Å². The van der Waals surface area contributed by atoms with Crippen LogP contribution in [0.4, 0.5) is 0 Å². The lowest BCUT2D eigenvalue weighted by molar-refractivity contribution is 0.0954. The number of amides is 1. The summed E-state index contributed by atoms with van der Waals surface area (Å²) in [6.45, 7) is 0.422. The maximum Gasteiger partial charge on any atom is 0.272 e. The number of carbonyl (C=O) groups is 1. The summed E-state index contributed by atoms with van der Waals surface area (Å²) in [6, 6.07) is 20.8. The van der Waals surface area contributed by atoms with Crippen molar-refractivity contribution in [2.24, 2.45) is 5.10 Å². The van der Waals surface area contributed by atoms with Gasteiger partial charge in [-0.15, -0.1) is 0 Å². The van der Waals surface area contributed by atoms with E-state index in [0.29, 0.717) is 22.4 Å². The van der Waals surface area contributed by atoms with Gasteiger partial charge in [-0.05, 0) is 61.7 Å². The van der Waals surface area contributed by atoms with Crippen molar-refractivity contribution in [3.63, 3.8) is 0 Å². The minimum atomic E-state index is -0.301. The zero-order chi connectivity index (χ0) is 19.9. The number of nitrogens with zero attached hydrogens (tertiary/aromatic N) is 1. The number of halogens is 3. The highest BCUT2D eigenvalue weighted by molar-refractivity contribution is 9.11. The number of benzene rings is 3. The van der Waals surface area contributed by atoms with Gasteiger partial charge < -0.3 is 4.74 Å². The van der Waals surface area contributed by atoms with Crippen molar-refractivity contribution in [1.29, 1.82) is 0 Å². The van der Waals surface area contributed by atoms with Crippen molar-refractivity contribution < 1.29 is 9.53 Å². The molecule has 0 heterocycles. The first-order chi connectivity index (χ1) is 13.5. The lowest BCUT2D eigenvalue weighted by Crippen LogP contribution is -2.18. The fourth-order valence-corrected chi connectivity index (χ4v) is 4.26. The molecule has 0 spiro atoms. The Morgan fingerprint density at radius 1 is 0.964 bits per heavy atom. The van der Waals surface area contributed by atoms with E-state index in [1.54, 1.807) is 24.4 Å². The normalized spacial score (nSPS) is 10.8. The molecule has 4 nitrogen and oxygen atoms in total. The number of hydrogen-bond donors (Lipinski definition) is 1. The summed E-state index contributed by atoms with van der Waals surface area (Å²) in [6.07, 6.45) is 1.56. The zero-order valence-electron chi connectivity index (χ0n) is 14.5. The highest BCUT2D eigenvalue weighted by Gasteiger charge is 2.11. The fourth-order valence-electron chi connectivity index (χ4n) is 2.42. The summed E-state index contributed by atoms with van der Waals surface area (Å²) < 4.78 is 8.35. The molecule has 0 radical (unpaired) electrons. The summed E-state index contributed by atoms with van der Waals surface area (Å²) in [4.78, 5) is 12.3. The Labute approximate surface area is 188 Å². The molecule has 3 rings (SSSR count). The Bertz CT molecular complexity index is 1010. The minimum absolute atomic E-state index is 0.301. The summed E-state index contributed by atoms with van der Waals surface area (Å²) >= 11 is 10.4. The molecule has 7 heteroatoms. The van der Waals surface area contributed by atoms with Crippen molar-refractivity contribution in [2.75, 3.05) is 0 Å². The first kappa shape index (κ1) is 20.8. The van der Waals surface area contributed by atoms with E-state index >= 15 is 0 Å². The second-order valence-corrected chi connectivity index (χ2v) is 8.38. The molecule has 0 aliphatic heterocycles. The summed E-state index contributed by atoms with van der Waals surface area (Å²) in [7, 11) is 0. The first-order valence-corrected chi connectivity index (χ1v) is 10.7. The van der Waals surface area contributed by atoms with Crippen LogP contribution in [0.1, 0.15) is 21.5 Å². The molecular weight excluding hydrogens is 552 g/mol. The Kier molecular flexibility index (Phi) is 7.42. The molecule has 0 bridgehead atoms. The van der Waals surface area contributed by atoms with Crippen LogP contribution in [0.15, 0.2) is 85.2 Å². The molecule has 0 atom stereocenters. The average molecular weight is 567 g/mol. The number of hydrazone groups is 1. The second-order valence-electron chi connectivity index (χ2n) is 5.76. The SMILES string of the molecule is O=C(N/N=C/c1cc(Br)cc(Br)c1OCc1ccccc1)c1ccccc1Br. The quantitative estimate of drug-likeness (QED) is 0.280. The maximum atomic E-state index is 12.3. The largest absolute Gasteiger partial charge is 0.487 e. The molecule has 1 N–H and O–H groups in total. The summed E-state index contributed by atoms with van der Waals surface area (Å²) in [5.41, 5.74) is 4.84. The molecule has 0 saturated heterocycles. The van der Waals surface area contributed by atoms with Gasteiger partial charge >= 0.3 is 0 Å². The zero-order valence-corrected chi connectivity index (χ0v) is 19.3. The third kappa shape index (κ3) is 5.53. The van der Waals surface area contributed by atoms with E-state index in [9.17, 15) is 4.79 Å². The van der Waals surface area contributed by atoms with Gasteiger partial charge in [-0.1, -0.05) is 58.4 Å². The van der Waals surface area contributed by atoms with Crippen molar-refractivity contribution in [3.05, 3.63) is 96.8 Å². The number of nitrogens with one attached hydrogen (secondary N) is 1. The van der Waals surface area contributed by atoms with Crippen LogP contribution in [-0.2, 0) is 6.61 Å². The predicted octanol–water partition coefficient (Wildman–Crippen LogP) is 6.32. The van der Waals surface area contributed by atoms with Crippen LogP contribution in [0.25, 0.3) is 0 Å². The Hall–Kier alpha value is -1.96. The van der Waals surface area contributed by atoms with Crippen molar-refractivity contribution in [1.82, 2.24) is 5.43 Å². The van der Waals surface area contributed by atoms with Gasteiger partial charge in [0.05, 0.1) is 16.3 Å². The van der Waals surface area contributed by atoms with Gasteiger partial charge in [0.1, 0.15) is 12.4 Å². The molecule has 0 aliphatic rings. The Morgan fingerprint density at radius 3 is 2.43 bits per heavy atom. The van der Waals surface area contributed by atoms with Crippen molar-refractivity contribution in [2.45, 2.75) is 6.61 Å². The maximum absolute atomic E-state index is 12.3. The minimum Gasteiger partial charge on any atom is -0.487 e.